The Bertz CT molecular complexity index is 1360. The average Bonchev–Trinajstić information content (AvgIpc) is 2.95. The van der Waals surface area contributed by atoms with E-state index in [0.717, 1.165) is 63.2 Å². The quantitative estimate of drug-likeness (QED) is 0.355. The Hall–Kier alpha value is -2.49. The zero-order chi connectivity index (χ0) is 28.2. The molecule has 2 aliphatic heterocycles. The summed E-state index contributed by atoms with van der Waals surface area (Å²) in [5.41, 5.74) is 1.94. The van der Waals surface area contributed by atoms with Gasteiger partial charge >= 0.3 is 0 Å². The molecule has 2 aliphatic rings. The van der Waals surface area contributed by atoms with Crippen molar-refractivity contribution in [2.45, 2.75) is 32.0 Å². The van der Waals surface area contributed by atoms with Crippen molar-refractivity contribution in [1.29, 1.82) is 0 Å². The Morgan fingerprint density at radius 1 is 0.900 bits per heavy atom. The molecule has 0 unspecified atom stereocenters. The van der Waals surface area contributed by atoms with Gasteiger partial charge in [-0.15, -0.1) is 0 Å². The lowest BCUT2D eigenvalue weighted by molar-refractivity contribution is 0.0950. The van der Waals surface area contributed by atoms with E-state index in [0.29, 0.717) is 39.0 Å². The van der Waals surface area contributed by atoms with Crippen LogP contribution < -0.4 is 10.2 Å². The Labute approximate surface area is 247 Å². The molecule has 11 heteroatoms. The minimum atomic E-state index is -0.810. The van der Waals surface area contributed by atoms with Crippen molar-refractivity contribution in [2.24, 2.45) is 0 Å². The van der Waals surface area contributed by atoms with Gasteiger partial charge in [0, 0.05) is 61.6 Å². The predicted molar refractivity (Wildman–Crippen MR) is 155 cm³/mol. The maximum absolute atomic E-state index is 13.5. The lowest BCUT2D eigenvalue weighted by atomic mass is 10.0. The Kier molecular flexibility index (Phi) is 9.43. The highest BCUT2D eigenvalue weighted by atomic mass is 35.5. The van der Waals surface area contributed by atoms with Crippen LogP contribution in [0.2, 0.25) is 15.1 Å². The molecule has 0 spiro atoms. The summed E-state index contributed by atoms with van der Waals surface area (Å²) < 4.78 is 26.8. The summed E-state index contributed by atoms with van der Waals surface area (Å²) in [6.07, 6.45) is 3.62. The first-order valence-corrected chi connectivity index (χ1v) is 14.4. The standard InChI is InChI=1S/C29H30Cl3F2N5O/c30-22-3-2-20(24(31)15-22)16-36-29(40)21-14-25(32)28(35-17-21)39-11-9-38(10-12-39)23-5-7-37(8-6-23)18-19-1-4-26(33)27(34)13-19/h1-4,13-15,17,23H,5-12,16,18H2,(H,36,40). The summed E-state index contributed by atoms with van der Waals surface area (Å²) in [7, 11) is 0. The van der Waals surface area contributed by atoms with Gasteiger partial charge in [-0.25, -0.2) is 13.8 Å². The summed E-state index contributed by atoms with van der Waals surface area (Å²) in [6, 6.07) is 11.4. The molecule has 40 heavy (non-hydrogen) atoms. The molecule has 1 amide bonds. The third kappa shape index (κ3) is 7.04. The van der Waals surface area contributed by atoms with Crippen LogP contribution in [0.4, 0.5) is 14.6 Å². The molecule has 3 heterocycles. The first-order chi connectivity index (χ1) is 19.3. The number of carbonyl (C=O) groups is 1. The number of likely N-dealkylation sites (tertiary alicyclic amines) is 1. The summed E-state index contributed by atoms with van der Waals surface area (Å²) in [4.78, 5) is 24.2. The molecule has 2 saturated heterocycles. The fraction of sp³-hybridized carbons (Fsp3) is 0.379. The largest absolute Gasteiger partial charge is 0.353 e. The second-order valence-corrected chi connectivity index (χ2v) is 11.5. The van der Waals surface area contributed by atoms with E-state index < -0.39 is 11.6 Å². The number of nitrogens with one attached hydrogen (secondary N) is 1. The Morgan fingerprint density at radius 3 is 2.33 bits per heavy atom. The molecule has 0 bridgehead atoms. The zero-order valence-corrected chi connectivity index (χ0v) is 24.1. The number of carbonyl (C=O) groups excluding carboxylic acids is 1. The molecular weight excluding hydrogens is 579 g/mol. The fourth-order valence-electron chi connectivity index (χ4n) is 5.37. The molecule has 0 radical (unpaired) electrons. The Morgan fingerprint density at radius 2 is 1.65 bits per heavy atom. The van der Waals surface area contributed by atoms with Crippen LogP contribution in [0.3, 0.4) is 0 Å². The number of pyridine rings is 1. The van der Waals surface area contributed by atoms with Crippen molar-refractivity contribution < 1.29 is 13.6 Å². The van der Waals surface area contributed by atoms with Crippen LogP contribution in [-0.4, -0.2) is 66.0 Å². The van der Waals surface area contributed by atoms with Gasteiger partial charge in [0.25, 0.3) is 5.91 Å². The highest BCUT2D eigenvalue weighted by Crippen LogP contribution is 2.27. The topological polar surface area (TPSA) is 51.7 Å². The number of rotatable bonds is 7. The van der Waals surface area contributed by atoms with Crippen molar-refractivity contribution in [2.75, 3.05) is 44.2 Å². The van der Waals surface area contributed by atoms with E-state index >= 15 is 0 Å². The van der Waals surface area contributed by atoms with E-state index in [9.17, 15) is 13.6 Å². The number of hydrogen-bond donors (Lipinski definition) is 1. The van der Waals surface area contributed by atoms with Crippen molar-refractivity contribution in [3.8, 4) is 0 Å². The van der Waals surface area contributed by atoms with Gasteiger partial charge in [0.1, 0.15) is 5.82 Å². The third-order valence-corrected chi connectivity index (χ3v) is 8.48. The van der Waals surface area contributed by atoms with Gasteiger partial charge < -0.3 is 10.2 Å². The molecule has 0 atom stereocenters. The lowest BCUT2D eigenvalue weighted by Crippen LogP contribution is -2.53. The molecule has 2 fully saturated rings. The van der Waals surface area contributed by atoms with E-state index in [1.165, 1.54) is 12.1 Å². The van der Waals surface area contributed by atoms with Crippen LogP contribution in [0, 0.1) is 11.6 Å². The zero-order valence-electron chi connectivity index (χ0n) is 21.9. The van der Waals surface area contributed by atoms with Gasteiger partial charge in [0.05, 0.1) is 10.6 Å². The van der Waals surface area contributed by atoms with Gasteiger partial charge in [-0.05, 0) is 67.4 Å². The predicted octanol–water partition coefficient (Wildman–Crippen LogP) is 6.04. The second-order valence-electron chi connectivity index (χ2n) is 10.2. The molecule has 3 aromatic rings. The number of piperazine rings is 1. The molecule has 1 N–H and O–H groups in total. The summed E-state index contributed by atoms with van der Waals surface area (Å²) in [5, 5.41) is 4.31. The number of piperidine rings is 1. The van der Waals surface area contributed by atoms with Crippen molar-refractivity contribution in [3.63, 3.8) is 0 Å². The van der Waals surface area contributed by atoms with E-state index in [1.54, 1.807) is 36.5 Å². The highest BCUT2D eigenvalue weighted by molar-refractivity contribution is 6.35. The lowest BCUT2D eigenvalue weighted by Gasteiger charge is -2.43. The van der Waals surface area contributed by atoms with Crippen molar-refractivity contribution >= 4 is 46.5 Å². The van der Waals surface area contributed by atoms with Crippen LogP contribution in [-0.2, 0) is 13.1 Å². The minimum absolute atomic E-state index is 0.264. The number of amides is 1. The first kappa shape index (κ1) is 29.0. The molecule has 0 aliphatic carbocycles. The van der Waals surface area contributed by atoms with Crippen LogP contribution in [0.5, 0.6) is 0 Å². The summed E-state index contributed by atoms with van der Waals surface area (Å²) in [6.45, 7) is 6.12. The minimum Gasteiger partial charge on any atom is -0.353 e. The molecule has 1 aromatic heterocycles. The van der Waals surface area contributed by atoms with Crippen LogP contribution >= 0.6 is 34.8 Å². The van der Waals surface area contributed by atoms with Gasteiger partial charge in [-0.2, -0.15) is 0 Å². The Balaban J connectivity index is 1.09. The maximum atomic E-state index is 13.5. The maximum Gasteiger partial charge on any atom is 0.253 e. The molecule has 6 nitrogen and oxygen atoms in total. The number of aromatic nitrogens is 1. The van der Waals surface area contributed by atoms with Gasteiger partial charge in [-0.1, -0.05) is 46.9 Å². The average molecular weight is 609 g/mol. The number of halogens is 5. The van der Waals surface area contributed by atoms with Gasteiger partial charge in [0.2, 0.25) is 0 Å². The van der Waals surface area contributed by atoms with Gasteiger partial charge in [0.15, 0.2) is 11.6 Å². The summed E-state index contributed by atoms with van der Waals surface area (Å²) >= 11 is 18.7. The number of nitrogens with zero attached hydrogens (tertiary/aromatic N) is 4. The monoisotopic (exact) mass is 607 g/mol. The van der Waals surface area contributed by atoms with Crippen LogP contribution in [0.25, 0.3) is 0 Å². The van der Waals surface area contributed by atoms with Crippen LogP contribution in [0.15, 0.2) is 48.7 Å². The van der Waals surface area contributed by atoms with E-state index in [1.807, 2.05) is 0 Å². The van der Waals surface area contributed by atoms with Crippen molar-refractivity contribution in [3.05, 3.63) is 92.1 Å². The highest BCUT2D eigenvalue weighted by Gasteiger charge is 2.28. The third-order valence-electron chi connectivity index (χ3n) is 7.62. The van der Waals surface area contributed by atoms with Crippen LogP contribution in [0.1, 0.15) is 34.3 Å². The van der Waals surface area contributed by atoms with E-state index in [4.69, 9.17) is 34.8 Å². The first-order valence-electron chi connectivity index (χ1n) is 13.3. The normalized spacial score (nSPS) is 17.3. The smallest absolute Gasteiger partial charge is 0.253 e. The molecule has 0 saturated carbocycles. The number of hydrogen-bond acceptors (Lipinski definition) is 5. The molecule has 2 aromatic carbocycles. The molecule has 212 valence electrons. The van der Waals surface area contributed by atoms with Crippen molar-refractivity contribution in [1.82, 2.24) is 20.1 Å². The molecular formula is C29H30Cl3F2N5O. The fourth-order valence-corrected chi connectivity index (χ4v) is 6.13. The van der Waals surface area contributed by atoms with Gasteiger partial charge in [-0.3, -0.25) is 14.6 Å². The van der Waals surface area contributed by atoms with E-state index in [2.05, 4.69) is 25.0 Å². The number of anilines is 1. The summed E-state index contributed by atoms with van der Waals surface area (Å²) in [5.74, 6) is -1.21. The second kappa shape index (κ2) is 13.0. The SMILES string of the molecule is O=C(NCc1ccc(Cl)cc1Cl)c1cnc(N2CCN(C3CCN(Cc4ccc(F)c(F)c4)CC3)CC2)c(Cl)c1. The van der Waals surface area contributed by atoms with E-state index in [-0.39, 0.29) is 12.5 Å². The number of benzene rings is 2. The molecule has 5 rings (SSSR count).